The van der Waals surface area contributed by atoms with Crippen molar-refractivity contribution in [1.82, 2.24) is 5.06 Å². The number of hydroxylamine groups is 2. The van der Waals surface area contributed by atoms with Crippen LogP contribution in [-0.2, 0) is 16.2 Å². The lowest BCUT2D eigenvalue weighted by Crippen LogP contribution is -2.37. The van der Waals surface area contributed by atoms with Gasteiger partial charge in [-0.05, 0) is 17.9 Å². The second-order valence-corrected chi connectivity index (χ2v) is 4.97. The van der Waals surface area contributed by atoms with Gasteiger partial charge in [-0.15, -0.1) is 0 Å². The third-order valence-electron chi connectivity index (χ3n) is 3.71. The molecule has 0 spiro atoms. The number of carbonyl (C=O) groups is 1. The van der Waals surface area contributed by atoms with E-state index in [9.17, 15) is 4.79 Å². The first-order valence-corrected chi connectivity index (χ1v) is 6.71. The second kappa shape index (κ2) is 6.01. The highest BCUT2D eigenvalue weighted by Gasteiger charge is 2.35. The largest absolute Gasteiger partial charge is 0.273 e. The maximum Gasteiger partial charge on any atom is 0.246 e. The number of benzene rings is 1. The molecule has 3 nitrogen and oxygen atoms in total. The summed E-state index contributed by atoms with van der Waals surface area (Å²) < 4.78 is 0. The van der Waals surface area contributed by atoms with E-state index in [2.05, 4.69) is 13.8 Å². The summed E-state index contributed by atoms with van der Waals surface area (Å²) in [5, 5.41) is 1.61. The first kappa shape index (κ1) is 13.1. The van der Waals surface area contributed by atoms with Crippen molar-refractivity contribution in [2.75, 3.05) is 0 Å². The molecule has 1 aliphatic rings. The van der Waals surface area contributed by atoms with Crippen LogP contribution in [-0.4, -0.2) is 17.0 Å². The summed E-state index contributed by atoms with van der Waals surface area (Å²) in [6.45, 7) is 4.81. The van der Waals surface area contributed by atoms with Crippen LogP contribution in [0, 0.1) is 5.92 Å². The Labute approximate surface area is 109 Å². The lowest BCUT2D eigenvalue weighted by molar-refractivity contribution is -0.199. The summed E-state index contributed by atoms with van der Waals surface area (Å²) >= 11 is 0. The van der Waals surface area contributed by atoms with E-state index in [1.54, 1.807) is 5.06 Å². The molecule has 0 aromatic heterocycles. The molecule has 18 heavy (non-hydrogen) atoms. The van der Waals surface area contributed by atoms with Crippen LogP contribution in [0.25, 0.3) is 0 Å². The summed E-state index contributed by atoms with van der Waals surface area (Å²) in [6, 6.07) is 10.2. The maximum absolute atomic E-state index is 11.8. The highest BCUT2D eigenvalue weighted by atomic mass is 16.7. The average Bonchev–Trinajstić information content (AvgIpc) is 2.78. The molecule has 0 N–H and O–H groups in total. The van der Waals surface area contributed by atoms with E-state index in [0.717, 1.165) is 18.4 Å². The van der Waals surface area contributed by atoms with Crippen LogP contribution in [0.5, 0.6) is 0 Å². The van der Waals surface area contributed by atoms with E-state index >= 15 is 0 Å². The molecule has 1 aromatic rings. The predicted octanol–water partition coefficient (Wildman–Crippen LogP) is 3.16. The zero-order chi connectivity index (χ0) is 13.0. The number of hydrogen-bond donors (Lipinski definition) is 0. The van der Waals surface area contributed by atoms with Gasteiger partial charge in [0.25, 0.3) is 0 Å². The molecule has 1 fully saturated rings. The van der Waals surface area contributed by atoms with Crippen LogP contribution in [0.1, 0.15) is 38.7 Å². The Morgan fingerprint density at radius 2 is 2.11 bits per heavy atom. The van der Waals surface area contributed by atoms with E-state index in [1.165, 1.54) is 0 Å². The molecule has 1 aromatic carbocycles. The number of nitrogens with zero attached hydrogens (tertiary/aromatic N) is 1. The summed E-state index contributed by atoms with van der Waals surface area (Å²) in [4.78, 5) is 17.5. The Kier molecular flexibility index (Phi) is 4.37. The van der Waals surface area contributed by atoms with Gasteiger partial charge >= 0.3 is 0 Å². The normalized spacial score (nSPS) is 21.3. The minimum absolute atomic E-state index is 0.122. The van der Waals surface area contributed by atoms with Crippen LogP contribution >= 0.6 is 0 Å². The van der Waals surface area contributed by atoms with Crippen molar-refractivity contribution < 1.29 is 9.63 Å². The Hall–Kier alpha value is -1.35. The molecule has 0 bridgehead atoms. The Balaban J connectivity index is 1.96. The number of rotatable bonds is 5. The Bertz CT molecular complexity index is 391. The smallest absolute Gasteiger partial charge is 0.246 e. The first-order valence-electron chi connectivity index (χ1n) is 6.71. The molecule has 2 rings (SSSR count). The van der Waals surface area contributed by atoms with Crippen LogP contribution in [0.2, 0.25) is 0 Å². The number of carbonyl (C=O) groups excluding carboxylic acids is 1. The van der Waals surface area contributed by atoms with Gasteiger partial charge < -0.3 is 0 Å². The van der Waals surface area contributed by atoms with Gasteiger partial charge in [0.1, 0.15) is 6.61 Å². The highest BCUT2D eigenvalue weighted by molar-refractivity contribution is 5.77. The van der Waals surface area contributed by atoms with E-state index in [4.69, 9.17) is 4.84 Å². The zero-order valence-electron chi connectivity index (χ0n) is 11.1. The van der Waals surface area contributed by atoms with E-state index in [1.807, 2.05) is 30.3 Å². The minimum atomic E-state index is 0.122. The molecule has 1 saturated heterocycles. The van der Waals surface area contributed by atoms with E-state index < -0.39 is 0 Å². The fourth-order valence-corrected chi connectivity index (χ4v) is 2.36. The SMILES string of the molecule is CCC(C)C1CCC(=O)N1OCc1ccccc1. The molecule has 2 atom stereocenters. The standard InChI is InChI=1S/C15H21NO2/c1-3-12(2)14-9-10-15(17)16(14)18-11-13-7-5-4-6-8-13/h4-8,12,14H,3,9-11H2,1-2H3. The fraction of sp³-hybridized carbons (Fsp3) is 0.533. The van der Waals surface area contributed by atoms with Crippen LogP contribution in [0.3, 0.4) is 0 Å². The summed E-state index contributed by atoms with van der Waals surface area (Å²) in [5.74, 6) is 0.614. The summed E-state index contributed by atoms with van der Waals surface area (Å²) in [7, 11) is 0. The van der Waals surface area contributed by atoms with Crippen LogP contribution in [0.4, 0.5) is 0 Å². The third-order valence-corrected chi connectivity index (χ3v) is 3.71. The van der Waals surface area contributed by atoms with Gasteiger partial charge in [-0.1, -0.05) is 50.6 Å². The fourth-order valence-electron chi connectivity index (χ4n) is 2.36. The van der Waals surface area contributed by atoms with Gasteiger partial charge in [0.15, 0.2) is 0 Å². The van der Waals surface area contributed by atoms with Gasteiger partial charge in [0.2, 0.25) is 5.91 Å². The molecular weight excluding hydrogens is 226 g/mol. The van der Waals surface area contributed by atoms with Crippen LogP contribution in [0.15, 0.2) is 30.3 Å². The van der Waals surface area contributed by atoms with Crippen molar-refractivity contribution in [3.05, 3.63) is 35.9 Å². The monoisotopic (exact) mass is 247 g/mol. The minimum Gasteiger partial charge on any atom is -0.273 e. The molecular formula is C15H21NO2. The molecule has 0 saturated carbocycles. The van der Waals surface area contributed by atoms with Gasteiger partial charge in [0.05, 0.1) is 6.04 Å². The number of amides is 1. The van der Waals surface area contributed by atoms with Crippen molar-refractivity contribution >= 4 is 5.91 Å². The predicted molar refractivity (Wildman–Crippen MR) is 70.6 cm³/mol. The van der Waals surface area contributed by atoms with Gasteiger partial charge in [-0.3, -0.25) is 9.63 Å². The summed E-state index contributed by atoms with van der Waals surface area (Å²) in [6.07, 6.45) is 2.61. The first-order chi connectivity index (χ1) is 8.72. The Morgan fingerprint density at radius 3 is 2.78 bits per heavy atom. The van der Waals surface area contributed by atoms with E-state index in [-0.39, 0.29) is 11.9 Å². The van der Waals surface area contributed by atoms with E-state index in [0.29, 0.717) is 18.9 Å². The lowest BCUT2D eigenvalue weighted by atomic mass is 9.98. The lowest BCUT2D eigenvalue weighted by Gasteiger charge is -2.28. The molecule has 2 unspecified atom stereocenters. The molecule has 1 amide bonds. The molecule has 0 radical (unpaired) electrons. The molecule has 1 aliphatic heterocycles. The van der Waals surface area contributed by atoms with Crippen molar-refractivity contribution in [2.24, 2.45) is 5.92 Å². The van der Waals surface area contributed by atoms with Crippen LogP contribution < -0.4 is 0 Å². The zero-order valence-corrected chi connectivity index (χ0v) is 11.1. The molecule has 0 aliphatic carbocycles. The van der Waals surface area contributed by atoms with Gasteiger partial charge in [-0.25, -0.2) is 5.06 Å². The van der Waals surface area contributed by atoms with Gasteiger partial charge in [-0.2, -0.15) is 0 Å². The third kappa shape index (κ3) is 2.91. The molecule has 3 heteroatoms. The van der Waals surface area contributed by atoms with Crippen molar-refractivity contribution in [3.8, 4) is 0 Å². The average molecular weight is 247 g/mol. The summed E-state index contributed by atoms with van der Waals surface area (Å²) in [5.41, 5.74) is 1.10. The number of hydrogen-bond acceptors (Lipinski definition) is 2. The van der Waals surface area contributed by atoms with Crippen molar-refractivity contribution in [2.45, 2.75) is 45.8 Å². The van der Waals surface area contributed by atoms with Crippen molar-refractivity contribution in [1.29, 1.82) is 0 Å². The molecule has 1 heterocycles. The molecule has 98 valence electrons. The second-order valence-electron chi connectivity index (χ2n) is 4.97. The van der Waals surface area contributed by atoms with Crippen molar-refractivity contribution in [3.63, 3.8) is 0 Å². The highest BCUT2D eigenvalue weighted by Crippen LogP contribution is 2.27. The maximum atomic E-state index is 11.8. The Morgan fingerprint density at radius 1 is 1.39 bits per heavy atom. The topological polar surface area (TPSA) is 29.5 Å². The quantitative estimate of drug-likeness (QED) is 0.800. The van der Waals surface area contributed by atoms with Gasteiger partial charge in [0, 0.05) is 6.42 Å².